The second-order valence-electron chi connectivity index (χ2n) is 9.66. The van der Waals surface area contributed by atoms with Crippen LogP contribution in [0.25, 0.3) is 0 Å². The SMILES string of the molecule is CC(C)C[C@H](NC(=O)[C@H](CC(=O)O)NC(=O)[C@@H](N)CS)C(=O)N1CCC[C@H]1C(=O)N[C@@H](CCC(=O)O)C(=O)O. The number of aliphatic carboxylic acids is 3. The van der Waals surface area contributed by atoms with Crippen molar-refractivity contribution in [3.63, 3.8) is 0 Å². The third kappa shape index (κ3) is 11.1. The van der Waals surface area contributed by atoms with Crippen LogP contribution in [0, 0.1) is 5.92 Å². The Hall–Kier alpha value is -3.40. The number of carboxylic acid groups (broad SMARTS) is 3. The van der Waals surface area contributed by atoms with Crippen molar-refractivity contribution in [3.05, 3.63) is 0 Å². The van der Waals surface area contributed by atoms with E-state index in [0.29, 0.717) is 6.42 Å². The van der Waals surface area contributed by atoms with Crippen molar-refractivity contribution < 1.29 is 48.9 Å². The van der Waals surface area contributed by atoms with Crippen molar-refractivity contribution >= 4 is 54.2 Å². The van der Waals surface area contributed by atoms with Crippen LogP contribution in [0.3, 0.4) is 0 Å². The molecule has 1 heterocycles. The third-order valence-electron chi connectivity index (χ3n) is 5.97. The van der Waals surface area contributed by atoms with E-state index < -0.39 is 84.6 Å². The number of nitrogens with zero attached hydrogens (tertiary/aromatic N) is 1. The van der Waals surface area contributed by atoms with Gasteiger partial charge in [-0.25, -0.2) is 4.79 Å². The summed E-state index contributed by atoms with van der Waals surface area (Å²) in [4.78, 5) is 86.4. The van der Waals surface area contributed by atoms with E-state index >= 15 is 0 Å². The van der Waals surface area contributed by atoms with Crippen LogP contribution in [0.5, 0.6) is 0 Å². The number of amides is 4. The molecule has 1 rings (SSSR count). The lowest BCUT2D eigenvalue weighted by Crippen LogP contribution is -2.58. The number of carboxylic acids is 3. The molecule has 0 aromatic heterocycles. The topological polar surface area (TPSA) is 246 Å². The molecule has 0 aromatic carbocycles. The lowest BCUT2D eigenvalue weighted by Gasteiger charge is -2.31. The molecule has 1 fully saturated rings. The fourth-order valence-electron chi connectivity index (χ4n) is 4.01. The van der Waals surface area contributed by atoms with Crippen LogP contribution < -0.4 is 21.7 Å². The van der Waals surface area contributed by atoms with Gasteiger partial charge in [0.05, 0.1) is 12.5 Å². The van der Waals surface area contributed by atoms with Gasteiger partial charge in [-0.05, 0) is 31.6 Å². The number of likely N-dealkylation sites (tertiary alicyclic amines) is 1. The average molecular weight is 576 g/mol. The number of nitrogens with one attached hydrogen (secondary N) is 3. The average Bonchev–Trinajstić information content (AvgIpc) is 3.33. The first-order chi connectivity index (χ1) is 18.2. The number of hydrogen-bond acceptors (Lipinski definition) is 9. The van der Waals surface area contributed by atoms with Crippen molar-refractivity contribution in [2.24, 2.45) is 11.7 Å². The van der Waals surface area contributed by atoms with Gasteiger partial charge in [-0.2, -0.15) is 12.6 Å². The number of nitrogens with two attached hydrogens (primary N) is 1. The van der Waals surface area contributed by atoms with Gasteiger partial charge in [-0.3, -0.25) is 28.8 Å². The van der Waals surface area contributed by atoms with Crippen molar-refractivity contribution in [1.82, 2.24) is 20.9 Å². The number of carbonyl (C=O) groups excluding carboxylic acids is 4. The Morgan fingerprint density at radius 1 is 0.923 bits per heavy atom. The summed E-state index contributed by atoms with van der Waals surface area (Å²) in [7, 11) is 0. The second kappa shape index (κ2) is 15.9. The van der Waals surface area contributed by atoms with Crippen molar-refractivity contribution in [3.8, 4) is 0 Å². The number of hydrogen-bond donors (Lipinski definition) is 8. The first-order valence-electron chi connectivity index (χ1n) is 12.4. The summed E-state index contributed by atoms with van der Waals surface area (Å²) in [6.45, 7) is 3.70. The van der Waals surface area contributed by atoms with Gasteiger partial charge in [0.15, 0.2) is 0 Å². The largest absolute Gasteiger partial charge is 0.481 e. The Morgan fingerprint density at radius 2 is 1.54 bits per heavy atom. The van der Waals surface area contributed by atoms with Gasteiger partial charge in [-0.15, -0.1) is 0 Å². The van der Waals surface area contributed by atoms with Crippen LogP contribution in [-0.2, 0) is 33.6 Å². The molecule has 0 bridgehead atoms. The molecule has 0 unspecified atom stereocenters. The Bertz CT molecular complexity index is 946. The molecular formula is C23H37N5O10S. The molecule has 0 spiro atoms. The van der Waals surface area contributed by atoms with Crippen LogP contribution in [-0.4, -0.2) is 104 Å². The van der Waals surface area contributed by atoms with Crippen LogP contribution >= 0.6 is 12.6 Å². The predicted molar refractivity (Wildman–Crippen MR) is 139 cm³/mol. The Kier molecular flexibility index (Phi) is 13.7. The summed E-state index contributed by atoms with van der Waals surface area (Å²) in [5.74, 6) is -7.36. The molecule has 1 aliphatic heterocycles. The highest BCUT2D eigenvalue weighted by atomic mass is 32.1. The summed E-state index contributed by atoms with van der Waals surface area (Å²) in [5.41, 5.74) is 5.59. The van der Waals surface area contributed by atoms with Crippen molar-refractivity contribution in [1.29, 1.82) is 0 Å². The van der Waals surface area contributed by atoms with E-state index in [1.165, 1.54) is 4.90 Å². The fourth-order valence-corrected chi connectivity index (χ4v) is 4.17. The Morgan fingerprint density at radius 3 is 2.05 bits per heavy atom. The minimum Gasteiger partial charge on any atom is -0.481 e. The van der Waals surface area contributed by atoms with Gasteiger partial charge >= 0.3 is 17.9 Å². The molecule has 5 atom stereocenters. The Labute approximate surface area is 230 Å². The number of thiol groups is 1. The maximum Gasteiger partial charge on any atom is 0.326 e. The smallest absolute Gasteiger partial charge is 0.326 e. The van der Waals surface area contributed by atoms with Crippen LogP contribution in [0.15, 0.2) is 0 Å². The first-order valence-corrected chi connectivity index (χ1v) is 13.1. The van der Waals surface area contributed by atoms with E-state index in [1.54, 1.807) is 13.8 Å². The molecule has 0 saturated carbocycles. The quantitative estimate of drug-likeness (QED) is 0.0950. The van der Waals surface area contributed by atoms with Crippen LogP contribution in [0.2, 0.25) is 0 Å². The van der Waals surface area contributed by atoms with Gasteiger partial charge < -0.3 is 41.9 Å². The van der Waals surface area contributed by atoms with E-state index in [2.05, 4.69) is 28.6 Å². The molecule has 16 heteroatoms. The lowest BCUT2D eigenvalue weighted by molar-refractivity contribution is -0.145. The molecule has 1 aliphatic rings. The highest BCUT2D eigenvalue weighted by molar-refractivity contribution is 7.80. The second-order valence-corrected chi connectivity index (χ2v) is 10.0. The predicted octanol–water partition coefficient (Wildman–Crippen LogP) is -1.84. The highest BCUT2D eigenvalue weighted by Gasteiger charge is 2.40. The first kappa shape index (κ1) is 33.6. The number of carbonyl (C=O) groups is 7. The monoisotopic (exact) mass is 575 g/mol. The van der Waals surface area contributed by atoms with Crippen molar-refractivity contribution in [2.75, 3.05) is 12.3 Å². The molecule has 0 aromatic rings. The highest BCUT2D eigenvalue weighted by Crippen LogP contribution is 2.21. The van der Waals surface area contributed by atoms with Crippen LogP contribution in [0.1, 0.15) is 52.4 Å². The molecule has 0 aliphatic carbocycles. The zero-order valence-corrected chi connectivity index (χ0v) is 22.7. The summed E-state index contributed by atoms with van der Waals surface area (Å²) in [5, 5.41) is 34.4. The summed E-state index contributed by atoms with van der Waals surface area (Å²) in [6.07, 6.45) is -0.865. The zero-order valence-electron chi connectivity index (χ0n) is 21.8. The van der Waals surface area contributed by atoms with Gasteiger partial charge in [0, 0.05) is 18.7 Å². The molecule has 0 radical (unpaired) electrons. The molecular weight excluding hydrogens is 538 g/mol. The molecule has 39 heavy (non-hydrogen) atoms. The Balaban J connectivity index is 3.08. The summed E-state index contributed by atoms with van der Waals surface area (Å²) < 4.78 is 0. The minimum absolute atomic E-state index is 0.0564. The fraction of sp³-hybridized carbons (Fsp3) is 0.696. The molecule has 8 N–H and O–H groups in total. The maximum atomic E-state index is 13.5. The molecule has 1 saturated heterocycles. The van der Waals surface area contributed by atoms with Gasteiger partial charge in [0.25, 0.3) is 0 Å². The van der Waals surface area contributed by atoms with Gasteiger partial charge in [0.2, 0.25) is 23.6 Å². The normalized spacial score (nSPS) is 18.0. The third-order valence-corrected chi connectivity index (χ3v) is 6.36. The standard InChI is InChI=1S/C23H37N5O10S/c1-11(2)8-15(27-20(34)14(9-18(31)32)26-19(33)12(24)10-39)22(36)28-7-3-4-16(28)21(35)25-13(23(37)38)5-6-17(29)30/h11-16,39H,3-10,24H2,1-2H3,(H,25,35)(H,26,33)(H,27,34)(H,29,30)(H,31,32)(H,37,38)/t12-,13-,14-,15-,16-/m0/s1. The van der Waals surface area contributed by atoms with Gasteiger partial charge in [-0.1, -0.05) is 13.8 Å². The lowest BCUT2D eigenvalue weighted by atomic mass is 10.0. The summed E-state index contributed by atoms with van der Waals surface area (Å²) in [6, 6.07) is -6.34. The molecule has 15 nitrogen and oxygen atoms in total. The van der Waals surface area contributed by atoms with E-state index in [9.17, 15) is 43.8 Å². The van der Waals surface area contributed by atoms with E-state index in [1.807, 2.05) is 0 Å². The van der Waals surface area contributed by atoms with Crippen molar-refractivity contribution in [2.45, 2.75) is 82.6 Å². The molecule has 220 valence electrons. The molecule has 4 amide bonds. The van der Waals surface area contributed by atoms with E-state index in [0.717, 1.165) is 0 Å². The summed E-state index contributed by atoms with van der Waals surface area (Å²) >= 11 is 3.90. The van der Waals surface area contributed by atoms with Crippen LogP contribution in [0.4, 0.5) is 0 Å². The number of rotatable bonds is 16. The van der Waals surface area contributed by atoms with E-state index in [4.69, 9.17) is 10.8 Å². The van der Waals surface area contributed by atoms with E-state index in [-0.39, 0.29) is 37.5 Å². The zero-order chi connectivity index (χ0) is 29.9. The maximum absolute atomic E-state index is 13.5. The van der Waals surface area contributed by atoms with Gasteiger partial charge in [0.1, 0.15) is 24.2 Å². The minimum atomic E-state index is -1.54.